The van der Waals surface area contributed by atoms with Crippen LogP contribution >= 0.6 is 0 Å². The third kappa shape index (κ3) is 3.27. The average molecular weight is 233 g/mol. The van der Waals surface area contributed by atoms with E-state index in [9.17, 15) is 0 Å². The maximum atomic E-state index is 5.86. The Morgan fingerprint density at radius 2 is 2.41 bits per heavy atom. The summed E-state index contributed by atoms with van der Waals surface area (Å²) in [6.07, 6.45) is 7.50. The van der Waals surface area contributed by atoms with E-state index >= 15 is 0 Å². The lowest BCUT2D eigenvalue weighted by atomic mass is 9.91. The van der Waals surface area contributed by atoms with Gasteiger partial charge in [-0.3, -0.25) is 4.98 Å². The molecule has 0 aliphatic heterocycles. The SMILES string of the molecule is CC1(C)CCC(NC(CN)c2cccnc2)C1. The van der Waals surface area contributed by atoms with E-state index in [2.05, 4.69) is 30.2 Å². The monoisotopic (exact) mass is 233 g/mol. The fourth-order valence-electron chi connectivity index (χ4n) is 2.75. The second-order valence-electron chi connectivity index (χ2n) is 5.85. The predicted octanol–water partition coefficient (Wildman–Crippen LogP) is 2.25. The van der Waals surface area contributed by atoms with Crippen molar-refractivity contribution in [1.29, 1.82) is 0 Å². The number of hydrogen-bond acceptors (Lipinski definition) is 3. The molecule has 0 radical (unpaired) electrons. The van der Waals surface area contributed by atoms with Gasteiger partial charge in [0.15, 0.2) is 0 Å². The molecule has 0 spiro atoms. The number of aromatic nitrogens is 1. The second kappa shape index (κ2) is 5.15. The molecule has 1 heterocycles. The highest BCUT2D eigenvalue weighted by Gasteiger charge is 2.31. The van der Waals surface area contributed by atoms with Gasteiger partial charge < -0.3 is 11.1 Å². The summed E-state index contributed by atoms with van der Waals surface area (Å²) in [6.45, 7) is 5.31. The van der Waals surface area contributed by atoms with Crippen molar-refractivity contribution in [2.45, 2.75) is 45.2 Å². The number of nitrogens with one attached hydrogen (secondary N) is 1. The van der Waals surface area contributed by atoms with Crippen LogP contribution < -0.4 is 11.1 Å². The fraction of sp³-hybridized carbons (Fsp3) is 0.643. The third-order valence-electron chi connectivity index (χ3n) is 3.73. The van der Waals surface area contributed by atoms with Gasteiger partial charge in [0.05, 0.1) is 0 Å². The van der Waals surface area contributed by atoms with Gasteiger partial charge in [0.2, 0.25) is 0 Å². The Bertz CT molecular complexity index is 348. The standard InChI is InChI=1S/C14H23N3/c1-14(2)6-5-12(8-14)17-13(9-15)11-4-3-7-16-10-11/h3-4,7,10,12-13,17H,5-6,8-9,15H2,1-2H3. The van der Waals surface area contributed by atoms with Crippen molar-refractivity contribution in [1.82, 2.24) is 10.3 Å². The van der Waals surface area contributed by atoms with Crippen molar-refractivity contribution in [3.63, 3.8) is 0 Å². The first kappa shape index (κ1) is 12.5. The van der Waals surface area contributed by atoms with Crippen LogP contribution in [0.15, 0.2) is 24.5 Å². The normalized spacial score (nSPS) is 24.8. The summed E-state index contributed by atoms with van der Waals surface area (Å²) in [5.74, 6) is 0. The number of hydrogen-bond donors (Lipinski definition) is 2. The molecule has 2 unspecified atom stereocenters. The number of rotatable bonds is 4. The van der Waals surface area contributed by atoms with E-state index in [0.29, 0.717) is 18.0 Å². The predicted molar refractivity (Wildman–Crippen MR) is 70.6 cm³/mol. The molecule has 1 aliphatic rings. The summed E-state index contributed by atoms with van der Waals surface area (Å²) < 4.78 is 0. The van der Waals surface area contributed by atoms with E-state index in [1.165, 1.54) is 24.8 Å². The first-order chi connectivity index (χ1) is 8.11. The largest absolute Gasteiger partial charge is 0.329 e. The summed E-state index contributed by atoms with van der Waals surface area (Å²) in [6, 6.07) is 4.90. The molecule has 2 atom stereocenters. The van der Waals surface area contributed by atoms with Crippen molar-refractivity contribution >= 4 is 0 Å². The Morgan fingerprint density at radius 3 is 2.94 bits per heavy atom. The minimum Gasteiger partial charge on any atom is -0.329 e. The van der Waals surface area contributed by atoms with Crippen LogP contribution in [0.4, 0.5) is 0 Å². The zero-order chi connectivity index (χ0) is 12.3. The van der Waals surface area contributed by atoms with Gasteiger partial charge >= 0.3 is 0 Å². The Morgan fingerprint density at radius 1 is 1.59 bits per heavy atom. The maximum Gasteiger partial charge on any atom is 0.0462 e. The van der Waals surface area contributed by atoms with Crippen LogP contribution in [-0.4, -0.2) is 17.6 Å². The van der Waals surface area contributed by atoms with Crippen LogP contribution in [0.25, 0.3) is 0 Å². The van der Waals surface area contributed by atoms with E-state index in [-0.39, 0.29) is 6.04 Å². The van der Waals surface area contributed by atoms with Crippen LogP contribution in [0.1, 0.15) is 44.7 Å². The van der Waals surface area contributed by atoms with Gasteiger partial charge in [-0.15, -0.1) is 0 Å². The van der Waals surface area contributed by atoms with E-state index in [1.54, 1.807) is 6.20 Å². The van der Waals surface area contributed by atoms with E-state index in [0.717, 1.165) is 0 Å². The first-order valence-corrected chi connectivity index (χ1v) is 6.47. The van der Waals surface area contributed by atoms with Gasteiger partial charge in [-0.1, -0.05) is 19.9 Å². The van der Waals surface area contributed by atoms with Crippen LogP contribution in [0.5, 0.6) is 0 Å². The zero-order valence-electron chi connectivity index (χ0n) is 10.8. The molecule has 3 N–H and O–H groups in total. The molecule has 0 bridgehead atoms. The smallest absolute Gasteiger partial charge is 0.0462 e. The minimum atomic E-state index is 0.239. The molecule has 1 aromatic heterocycles. The van der Waals surface area contributed by atoms with Crippen LogP contribution in [-0.2, 0) is 0 Å². The molecular formula is C14H23N3. The molecule has 3 nitrogen and oxygen atoms in total. The lowest BCUT2D eigenvalue weighted by Gasteiger charge is -2.23. The van der Waals surface area contributed by atoms with Crippen LogP contribution in [0.2, 0.25) is 0 Å². The molecule has 2 rings (SSSR count). The van der Waals surface area contributed by atoms with Crippen LogP contribution in [0.3, 0.4) is 0 Å². The third-order valence-corrected chi connectivity index (χ3v) is 3.73. The molecular weight excluding hydrogens is 210 g/mol. The highest BCUT2D eigenvalue weighted by atomic mass is 15.0. The quantitative estimate of drug-likeness (QED) is 0.838. The molecule has 1 fully saturated rings. The number of nitrogens with zero attached hydrogens (tertiary/aromatic N) is 1. The number of nitrogens with two attached hydrogens (primary N) is 1. The molecule has 1 aromatic rings. The van der Waals surface area contributed by atoms with Gasteiger partial charge in [-0.25, -0.2) is 0 Å². The number of pyridine rings is 1. The van der Waals surface area contributed by atoms with Gasteiger partial charge in [0, 0.05) is 31.0 Å². The summed E-state index contributed by atoms with van der Waals surface area (Å²) in [7, 11) is 0. The first-order valence-electron chi connectivity index (χ1n) is 6.47. The van der Waals surface area contributed by atoms with Crippen LogP contribution in [0, 0.1) is 5.41 Å². The molecule has 3 heteroatoms. The summed E-state index contributed by atoms with van der Waals surface area (Å²) >= 11 is 0. The minimum absolute atomic E-state index is 0.239. The highest BCUT2D eigenvalue weighted by molar-refractivity contribution is 5.14. The van der Waals surface area contributed by atoms with Gasteiger partial charge in [-0.05, 0) is 36.3 Å². The van der Waals surface area contributed by atoms with Crippen molar-refractivity contribution in [2.75, 3.05) is 6.54 Å². The fourth-order valence-corrected chi connectivity index (χ4v) is 2.75. The Balaban J connectivity index is 1.97. The van der Waals surface area contributed by atoms with Gasteiger partial charge in [0.1, 0.15) is 0 Å². The highest BCUT2D eigenvalue weighted by Crippen LogP contribution is 2.37. The maximum absolute atomic E-state index is 5.86. The summed E-state index contributed by atoms with van der Waals surface area (Å²) in [4.78, 5) is 4.16. The molecule has 0 amide bonds. The average Bonchev–Trinajstić information content (AvgIpc) is 2.67. The van der Waals surface area contributed by atoms with Gasteiger partial charge in [0.25, 0.3) is 0 Å². The summed E-state index contributed by atoms with van der Waals surface area (Å²) in [5, 5.41) is 3.67. The topological polar surface area (TPSA) is 50.9 Å². The molecule has 94 valence electrons. The molecule has 1 saturated carbocycles. The van der Waals surface area contributed by atoms with Crippen molar-refractivity contribution < 1.29 is 0 Å². The molecule has 17 heavy (non-hydrogen) atoms. The van der Waals surface area contributed by atoms with E-state index in [4.69, 9.17) is 5.73 Å². The second-order valence-corrected chi connectivity index (χ2v) is 5.85. The Hall–Kier alpha value is -0.930. The van der Waals surface area contributed by atoms with Crippen molar-refractivity contribution in [2.24, 2.45) is 11.1 Å². The van der Waals surface area contributed by atoms with Gasteiger partial charge in [-0.2, -0.15) is 0 Å². The zero-order valence-corrected chi connectivity index (χ0v) is 10.8. The molecule has 0 saturated heterocycles. The molecule has 0 aromatic carbocycles. The van der Waals surface area contributed by atoms with Crippen molar-refractivity contribution in [3.8, 4) is 0 Å². The lowest BCUT2D eigenvalue weighted by Crippen LogP contribution is -2.35. The molecule has 1 aliphatic carbocycles. The Kier molecular flexibility index (Phi) is 3.79. The van der Waals surface area contributed by atoms with E-state index < -0.39 is 0 Å². The Labute approximate surface area is 104 Å². The van der Waals surface area contributed by atoms with Crippen molar-refractivity contribution in [3.05, 3.63) is 30.1 Å². The summed E-state index contributed by atoms with van der Waals surface area (Å²) in [5.41, 5.74) is 7.53. The van der Waals surface area contributed by atoms with E-state index in [1.807, 2.05) is 12.3 Å². The lowest BCUT2D eigenvalue weighted by molar-refractivity contribution is 0.353.